The maximum Gasteiger partial charge on any atom is 0.221 e. The van der Waals surface area contributed by atoms with Crippen molar-refractivity contribution in [1.29, 1.82) is 0 Å². The molecule has 2 aromatic rings. The summed E-state index contributed by atoms with van der Waals surface area (Å²) in [5.74, 6) is -0.608. The Morgan fingerprint density at radius 1 is 1.12 bits per heavy atom. The second kappa shape index (κ2) is 4.26. The van der Waals surface area contributed by atoms with Gasteiger partial charge in [0.25, 0.3) is 0 Å². The largest absolute Gasteiger partial charge is 0.439 e. The molecule has 0 aliphatic heterocycles. The average Bonchev–Trinajstić information content (AvgIpc) is 2.24. The van der Waals surface area contributed by atoms with E-state index in [1.54, 1.807) is 19.1 Å². The van der Waals surface area contributed by atoms with Crippen molar-refractivity contribution in [3.63, 3.8) is 0 Å². The molecule has 4 heteroatoms. The highest BCUT2D eigenvalue weighted by Gasteiger charge is 2.03. The van der Waals surface area contributed by atoms with E-state index >= 15 is 0 Å². The molecule has 1 aromatic heterocycles. The van der Waals surface area contributed by atoms with Gasteiger partial charge in [-0.2, -0.15) is 9.37 Å². The van der Waals surface area contributed by atoms with Crippen LogP contribution in [0.15, 0.2) is 36.4 Å². The zero-order valence-electron chi connectivity index (χ0n) is 8.58. The fourth-order valence-corrected chi connectivity index (χ4v) is 1.20. The van der Waals surface area contributed by atoms with E-state index in [2.05, 4.69) is 4.98 Å². The fraction of sp³-hybridized carbons (Fsp3) is 0.0833. The fourth-order valence-electron chi connectivity index (χ4n) is 1.20. The minimum Gasteiger partial charge on any atom is -0.439 e. The van der Waals surface area contributed by atoms with Gasteiger partial charge < -0.3 is 4.74 Å². The van der Waals surface area contributed by atoms with Gasteiger partial charge in [0.15, 0.2) is 0 Å². The SMILES string of the molecule is Cc1ccc(Oc2cccc(F)n2)cc1F. The first-order valence-electron chi connectivity index (χ1n) is 4.72. The van der Waals surface area contributed by atoms with Crippen molar-refractivity contribution in [2.75, 3.05) is 0 Å². The van der Waals surface area contributed by atoms with Crippen molar-refractivity contribution in [2.24, 2.45) is 0 Å². The van der Waals surface area contributed by atoms with Crippen LogP contribution in [-0.4, -0.2) is 4.98 Å². The Balaban J connectivity index is 2.24. The molecule has 0 amide bonds. The number of aryl methyl sites for hydroxylation is 1. The van der Waals surface area contributed by atoms with Crippen molar-refractivity contribution < 1.29 is 13.5 Å². The first kappa shape index (κ1) is 10.5. The predicted octanol–water partition coefficient (Wildman–Crippen LogP) is 3.46. The van der Waals surface area contributed by atoms with Gasteiger partial charge >= 0.3 is 0 Å². The number of hydrogen-bond donors (Lipinski definition) is 0. The van der Waals surface area contributed by atoms with Gasteiger partial charge in [-0.25, -0.2) is 4.39 Å². The molecule has 2 nitrogen and oxygen atoms in total. The summed E-state index contributed by atoms with van der Waals surface area (Å²) in [4.78, 5) is 3.51. The third kappa shape index (κ3) is 2.34. The maximum absolute atomic E-state index is 13.2. The Bertz CT molecular complexity index is 514. The molecule has 0 spiro atoms. The highest BCUT2D eigenvalue weighted by Crippen LogP contribution is 2.21. The zero-order chi connectivity index (χ0) is 11.5. The molecular weight excluding hydrogens is 212 g/mol. The lowest BCUT2D eigenvalue weighted by Crippen LogP contribution is -1.91. The Hall–Kier alpha value is -1.97. The van der Waals surface area contributed by atoms with E-state index in [1.165, 1.54) is 24.3 Å². The van der Waals surface area contributed by atoms with Crippen molar-refractivity contribution in [2.45, 2.75) is 6.92 Å². The Morgan fingerprint density at radius 2 is 1.94 bits per heavy atom. The molecule has 82 valence electrons. The Morgan fingerprint density at radius 3 is 2.62 bits per heavy atom. The first-order valence-corrected chi connectivity index (χ1v) is 4.72. The molecule has 2 rings (SSSR count). The van der Waals surface area contributed by atoms with Gasteiger partial charge in [-0.05, 0) is 24.6 Å². The van der Waals surface area contributed by atoms with Crippen LogP contribution >= 0.6 is 0 Å². The molecule has 1 heterocycles. The molecule has 16 heavy (non-hydrogen) atoms. The quantitative estimate of drug-likeness (QED) is 0.724. The first-order chi connectivity index (χ1) is 7.65. The van der Waals surface area contributed by atoms with Gasteiger partial charge in [0.2, 0.25) is 11.8 Å². The van der Waals surface area contributed by atoms with Crippen LogP contribution in [-0.2, 0) is 0 Å². The average molecular weight is 221 g/mol. The number of rotatable bonds is 2. The summed E-state index contributed by atoms with van der Waals surface area (Å²) < 4.78 is 31.1. The van der Waals surface area contributed by atoms with Crippen LogP contribution in [0, 0.1) is 18.7 Å². The summed E-state index contributed by atoms with van der Waals surface area (Å²) >= 11 is 0. The van der Waals surface area contributed by atoms with E-state index in [-0.39, 0.29) is 11.7 Å². The normalized spacial score (nSPS) is 10.2. The monoisotopic (exact) mass is 221 g/mol. The van der Waals surface area contributed by atoms with Crippen LogP contribution < -0.4 is 4.74 Å². The molecule has 0 atom stereocenters. The minimum absolute atomic E-state index is 0.100. The third-order valence-corrected chi connectivity index (χ3v) is 2.06. The summed E-state index contributed by atoms with van der Waals surface area (Å²) in [6, 6.07) is 8.61. The number of hydrogen-bond acceptors (Lipinski definition) is 2. The van der Waals surface area contributed by atoms with E-state index in [0.717, 1.165) is 0 Å². The van der Waals surface area contributed by atoms with Gasteiger partial charge in [0, 0.05) is 12.1 Å². The van der Waals surface area contributed by atoms with Crippen molar-refractivity contribution in [1.82, 2.24) is 4.98 Å². The van der Waals surface area contributed by atoms with Crippen LogP contribution in [0.25, 0.3) is 0 Å². The second-order valence-electron chi connectivity index (χ2n) is 3.31. The molecule has 0 bridgehead atoms. The van der Waals surface area contributed by atoms with Gasteiger partial charge in [0.05, 0.1) is 0 Å². The van der Waals surface area contributed by atoms with Crippen LogP contribution in [0.5, 0.6) is 11.6 Å². The molecule has 1 aromatic carbocycles. The molecule has 0 radical (unpaired) electrons. The summed E-state index contributed by atoms with van der Waals surface area (Å²) in [7, 11) is 0. The van der Waals surface area contributed by atoms with E-state index in [1.807, 2.05) is 0 Å². The summed E-state index contributed by atoms with van der Waals surface area (Å²) in [5.41, 5.74) is 0.527. The van der Waals surface area contributed by atoms with Gasteiger partial charge in [0.1, 0.15) is 11.6 Å². The molecule has 0 saturated heterocycles. The zero-order valence-corrected chi connectivity index (χ0v) is 8.58. The molecule has 0 aliphatic carbocycles. The number of nitrogens with zero attached hydrogens (tertiary/aromatic N) is 1. The van der Waals surface area contributed by atoms with E-state index < -0.39 is 5.95 Å². The van der Waals surface area contributed by atoms with Crippen molar-refractivity contribution >= 4 is 0 Å². The van der Waals surface area contributed by atoms with Gasteiger partial charge in [-0.3, -0.25) is 0 Å². The topological polar surface area (TPSA) is 22.1 Å². The summed E-state index contributed by atoms with van der Waals surface area (Å²) in [6.07, 6.45) is 0. The van der Waals surface area contributed by atoms with Gasteiger partial charge in [-0.15, -0.1) is 0 Å². The molecule has 0 aliphatic rings. The summed E-state index contributed by atoms with van der Waals surface area (Å²) in [5, 5.41) is 0. The molecule has 0 saturated carbocycles. The predicted molar refractivity (Wildman–Crippen MR) is 55.4 cm³/mol. The highest BCUT2D eigenvalue weighted by molar-refractivity contribution is 5.31. The highest BCUT2D eigenvalue weighted by atomic mass is 19.1. The van der Waals surface area contributed by atoms with Crippen molar-refractivity contribution in [3.8, 4) is 11.6 Å². The number of halogens is 2. The lowest BCUT2D eigenvalue weighted by atomic mass is 10.2. The van der Waals surface area contributed by atoms with E-state index in [4.69, 9.17) is 4.74 Å². The smallest absolute Gasteiger partial charge is 0.221 e. The molecule has 0 fully saturated rings. The Labute approximate surface area is 91.5 Å². The number of pyridine rings is 1. The molecule has 0 N–H and O–H groups in total. The molecule has 0 unspecified atom stereocenters. The van der Waals surface area contributed by atoms with Gasteiger partial charge in [-0.1, -0.05) is 12.1 Å². The number of ether oxygens (including phenoxy) is 1. The number of benzene rings is 1. The van der Waals surface area contributed by atoms with E-state index in [9.17, 15) is 8.78 Å². The lowest BCUT2D eigenvalue weighted by Gasteiger charge is -2.05. The second-order valence-corrected chi connectivity index (χ2v) is 3.31. The van der Waals surface area contributed by atoms with Crippen LogP contribution in [0.4, 0.5) is 8.78 Å². The Kier molecular flexibility index (Phi) is 2.81. The van der Waals surface area contributed by atoms with Crippen LogP contribution in [0.3, 0.4) is 0 Å². The lowest BCUT2D eigenvalue weighted by molar-refractivity contribution is 0.441. The van der Waals surface area contributed by atoms with Crippen molar-refractivity contribution in [3.05, 3.63) is 53.7 Å². The number of aromatic nitrogens is 1. The van der Waals surface area contributed by atoms with E-state index in [0.29, 0.717) is 11.3 Å². The minimum atomic E-state index is -0.634. The van der Waals surface area contributed by atoms with Crippen LogP contribution in [0.1, 0.15) is 5.56 Å². The maximum atomic E-state index is 13.2. The molecular formula is C12H9F2NO. The third-order valence-electron chi connectivity index (χ3n) is 2.06. The standard InChI is InChI=1S/C12H9F2NO/c1-8-5-6-9(7-10(8)13)16-12-4-2-3-11(14)15-12/h2-7H,1H3. The summed E-state index contributed by atoms with van der Waals surface area (Å²) in [6.45, 7) is 1.65. The van der Waals surface area contributed by atoms with Crippen LogP contribution in [0.2, 0.25) is 0 Å².